The van der Waals surface area contributed by atoms with Gasteiger partial charge in [-0.3, -0.25) is 0 Å². The number of rotatable bonds is 5. The highest BCUT2D eigenvalue weighted by Crippen LogP contribution is 2.66. The number of hydrogen-bond donors (Lipinski definition) is 0. The molecular weight excluding hydrogens is 1280 g/mol. The molecule has 2 spiro atoms. The number of nitrogens with zero attached hydrogens (tertiary/aromatic N) is 2. The second-order valence-corrected chi connectivity index (χ2v) is 31.7. The molecule has 0 N–H and O–H groups in total. The van der Waals surface area contributed by atoms with Gasteiger partial charge in [0.05, 0.1) is 32.9 Å². The van der Waals surface area contributed by atoms with Crippen LogP contribution < -0.4 is 0 Å². The Morgan fingerprint density at radius 3 is 0.745 bits per heavy atom. The van der Waals surface area contributed by atoms with Crippen LogP contribution in [0.1, 0.15) is 94.5 Å². The van der Waals surface area contributed by atoms with Crippen molar-refractivity contribution in [1.82, 2.24) is 9.13 Å². The Balaban J connectivity index is 0.646. The van der Waals surface area contributed by atoms with Crippen LogP contribution in [0.25, 0.3) is 155 Å². The summed E-state index contributed by atoms with van der Waals surface area (Å²) in [7, 11) is 0. The zero-order chi connectivity index (χ0) is 69.8. The van der Waals surface area contributed by atoms with Crippen molar-refractivity contribution >= 4 is 43.6 Å². The van der Waals surface area contributed by atoms with E-state index in [0.717, 1.165) is 0 Å². The van der Waals surface area contributed by atoms with Crippen LogP contribution in [0.2, 0.25) is 0 Å². The van der Waals surface area contributed by atoms with Gasteiger partial charge in [0.2, 0.25) is 0 Å². The summed E-state index contributed by atoms with van der Waals surface area (Å²) in [4.78, 5) is 0. The smallest absolute Gasteiger partial charge is 0.0725 e. The molecule has 2 heteroatoms. The van der Waals surface area contributed by atoms with Crippen LogP contribution in [-0.2, 0) is 21.7 Å². The van der Waals surface area contributed by atoms with Crippen LogP contribution in [-0.4, -0.2) is 9.13 Å². The summed E-state index contributed by atoms with van der Waals surface area (Å²) in [6.07, 6.45) is 0. The van der Waals surface area contributed by atoms with Crippen LogP contribution in [0.3, 0.4) is 0 Å². The van der Waals surface area contributed by atoms with Crippen LogP contribution in [0.15, 0.2) is 340 Å². The molecule has 2 aromatic heterocycles. The largest absolute Gasteiger partial charge is 0.309 e. The predicted molar refractivity (Wildman–Crippen MR) is 439 cm³/mol. The van der Waals surface area contributed by atoms with Crippen molar-refractivity contribution in [3.05, 3.63) is 406 Å². The van der Waals surface area contributed by atoms with Crippen molar-refractivity contribution in [1.29, 1.82) is 0 Å². The minimum atomic E-state index is -0.581. The van der Waals surface area contributed by atoms with Crippen LogP contribution >= 0.6 is 0 Å². The van der Waals surface area contributed by atoms with Crippen molar-refractivity contribution in [2.24, 2.45) is 0 Å². The Kier molecular flexibility index (Phi) is 11.3. The molecule has 0 unspecified atom stereocenters. The van der Waals surface area contributed by atoms with E-state index in [-0.39, 0.29) is 10.8 Å². The number of benzene rings is 16. The fraction of sp³-hybridized carbons (Fsp3) is 0.0769. The second kappa shape index (κ2) is 20.5. The van der Waals surface area contributed by atoms with Crippen molar-refractivity contribution in [3.63, 3.8) is 0 Å². The molecule has 494 valence electrons. The highest BCUT2D eigenvalue weighted by atomic mass is 15.0. The third-order valence-electron chi connectivity index (χ3n) is 26.2. The van der Waals surface area contributed by atoms with Crippen molar-refractivity contribution in [3.8, 4) is 112 Å². The van der Waals surface area contributed by atoms with E-state index in [1.54, 1.807) is 0 Å². The first-order valence-corrected chi connectivity index (χ1v) is 37.6. The molecule has 24 rings (SSSR count). The molecule has 0 aliphatic heterocycles. The first kappa shape index (κ1) is 58.6. The van der Waals surface area contributed by atoms with Gasteiger partial charge < -0.3 is 9.13 Å². The fourth-order valence-corrected chi connectivity index (χ4v) is 21.5. The number of para-hydroxylation sites is 2. The lowest BCUT2D eigenvalue weighted by Crippen LogP contribution is -2.26. The van der Waals surface area contributed by atoms with E-state index >= 15 is 0 Å². The lowest BCUT2D eigenvalue weighted by atomic mass is 9.69. The van der Waals surface area contributed by atoms with Crippen LogP contribution in [0.5, 0.6) is 0 Å². The molecule has 16 aromatic carbocycles. The third-order valence-corrected chi connectivity index (χ3v) is 26.2. The zero-order valence-electron chi connectivity index (χ0n) is 59.2. The van der Waals surface area contributed by atoms with Gasteiger partial charge in [0.1, 0.15) is 0 Å². The highest BCUT2D eigenvalue weighted by molar-refractivity contribution is 6.13. The van der Waals surface area contributed by atoms with E-state index < -0.39 is 10.8 Å². The summed E-state index contributed by atoms with van der Waals surface area (Å²) in [5.74, 6) is 0. The summed E-state index contributed by atoms with van der Waals surface area (Å²) < 4.78 is 4.98. The minimum absolute atomic E-state index is 0.107. The Morgan fingerprint density at radius 1 is 0.170 bits per heavy atom. The fourth-order valence-electron chi connectivity index (χ4n) is 21.5. The van der Waals surface area contributed by atoms with Gasteiger partial charge in [-0.2, -0.15) is 0 Å². The molecule has 6 aliphatic carbocycles. The van der Waals surface area contributed by atoms with Crippen LogP contribution in [0.4, 0.5) is 0 Å². The lowest BCUT2D eigenvalue weighted by molar-refractivity contribution is 0.660. The average Bonchev–Trinajstić information content (AvgIpc) is 1.51. The maximum atomic E-state index is 2.58. The summed E-state index contributed by atoms with van der Waals surface area (Å²) in [6.45, 7) is 9.51. The average molecular weight is 1350 g/mol. The van der Waals surface area contributed by atoms with Crippen molar-refractivity contribution in [2.75, 3.05) is 0 Å². The molecule has 0 bridgehead atoms. The molecule has 18 aromatic rings. The van der Waals surface area contributed by atoms with E-state index in [1.807, 2.05) is 0 Å². The van der Waals surface area contributed by atoms with E-state index in [0.29, 0.717) is 0 Å². The van der Waals surface area contributed by atoms with E-state index in [4.69, 9.17) is 0 Å². The summed E-state index contributed by atoms with van der Waals surface area (Å²) in [5.41, 5.74) is 45.0. The quantitative estimate of drug-likeness (QED) is 0.163. The van der Waals surface area contributed by atoms with Crippen molar-refractivity contribution < 1.29 is 0 Å². The Bertz CT molecular complexity index is 6520. The summed E-state index contributed by atoms with van der Waals surface area (Å²) >= 11 is 0. The maximum absolute atomic E-state index is 2.58. The first-order valence-electron chi connectivity index (χ1n) is 37.6. The third kappa shape index (κ3) is 7.27. The van der Waals surface area contributed by atoms with E-state index in [1.165, 1.54) is 222 Å². The van der Waals surface area contributed by atoms with Gasteiger partial charge in [-0.25, -0.2) is 0 Å². The van der Waals surface area contributed by atoms with Gasteiger partial charge >= 0.3 is 0 Å². The van der Waals surface area contributed by atoms with E-state index in [9.17, 15) is 0 Å². The Labute approximate surface area is 616 Å². The van der Waals surface area contributed by atoms with Gasteiger partial charge in [-0.05, 0) is 252 Å². The van der Waals surface area contributed by atoms with Gasteiger partial charge in [0.15, 0.2) is 0 Å². The normalized spacial score (nSPS) is 15.1. The molecule has 2 nitrogen and oxygen atoms in total. The van der Waals surface area contributed by atoms with Gasteiger partial charge in [0.25, 0.3) is 0 Å². The first-order chi connectivity index (χ1) is 52.1. The SMILES string of the molecule is CC1(C)c2ccccc2-c2ccc(-n3c4ccccc4c4cc(-c5ccc6c(c5)C5(c7ccccc7-c7ccccc75)c5cc(-c7ccc8c(c7)C7(c9ccccc9-c9ccccc97)c7cc(-c9ccc%10c(c9)c9ccccc9n%10-c9ccc%10c(c9)C(C)(C)c9ccccc9-%10)ccc7-8)ccc5-6)ccc43)cc21. The number of aromatic nitrogens is 2. The molecule has 0 fully saturated rings. The van der Waals surface area contributed by atoms with Gasteiger partial charge in [-0.1, -0.05) is 282 Å². The molecule has 0 amide bonds. The molecule has 106 heavy (non-hydrogen) atoms. The highest BCUT2D eigenvalue weighted by Gasteiger charge is 2.54. The lowest BCUT2D eigenvalue weighted by Gasteiger charge is -2.31. The molecule has 0 radical (unpaired) electrons. The molecule has 2 heterocycles. The Hall–Kier alpha value is -12.9. The minimum Gasteiger partial charge on any atom is -0.309 e. The number of fused-ring (bicyclic) bond motifs is 32. The molecular formula is C104H68N2. The molecule has 6 aliphatic rings. The van der Waals surface area contributed by atoms with Gasteiger partial charge in [0, 0.05) is 43.7 Å². The Morgan fingerprint density at radius 2 is 0.406 bits per heavy atom. The van der Waals surface area contributed by atoms with Gasteiger partial charge in [-0.15, -0.1) is 0 Å². The standard InChI is InChI=1S/C104H68N2/c1-101(2)85-29-13-5-21-69(85)75-49-43-67(59-91(75)101)105-97-35-19-11-27-81(97)83-53-61(41-51-99(83)105)63-37-45-77-79-47-39-65(57-95(79)103(93(77)55-63)87-31-15-7-23-71(87)72-24-8-16-32-88(72)103)66-40-48-80-78-46-38-64(56-94(78)104(96(80)58-66)89-33-17-9-25-73(89)74-26-10-18-34-90(74)104)62-42-52-100-84(54-62)82-28-12-20-36-98(82)106(100)68-44-50-76-70-22-6-14-30-86(70)102(3,4)92(76)60-68/h5-60H,1-4H3. The van der Waals surface area contributed by atoms with Crippen LogP contribution in [0, 0.1) is 0 Å². The van der Waals surface area contributed by atoms with E-state index in [2.05, 4.69) is 377 Å². The predicted octanol–water partition coefficient (Wildman–Crippen LogP) is 26.2. The van der Waals surface area contributed by atoms with Crippen molar-refractivity contribution in [2.45, 2.75) is 49.4 Å². The second-order valence-electron chi connectivity index (χ2n) is 31.7. The molecule has 0 atom stereocenters. The number of hydrogen-bond acceptors (Lipinski definition) is 0. The topological polar surface area (TPSA) is 9.86 Å². The zero-order valence-corrected chi connectivity index (χ0v) is 59.2. The summed E-state index contributed by atoms with van der Waals surface area (Å²) in [5, 5.41) is 5.01. The maximum Gasteiger partial charge on any atom is 0.0725 e. The molecule has 0 saturated heterocycles. The summed E-state index contributed by atoms with van der Waals surface area (Å²) in [6, 6.07) is 131. The molecule has 0 saturated carbocycles. The monoisotopic (exact) mass is 1340 g/mol.